The molecule has 0 aliphatic carbocycles. The summed E-state index contributed by atoms with van der Waals surface area (Å²) in [6, 6.07) is 7.14. The molecule has 0 aliphatic rings. The maximum Gasteiger partial charge on any atom is 0.338 e. The van der Waals surface area contributed by atoms with Crippen molar-refractivity contribution in [2.24, 2.45) is 0 Å². The van der Waals surface area contributed by atoms with Gasteiger partial charge in [-0.2, -0.15) is 0 Å². The van der Waals surface area contributed by atoms with Crippen LogP contribution >= 0.6 is 0 Å². The van der Waals surface area contributed by atoms with Crippen molar-refractivity contribution in [3.8, 4) is 22.4 Å². The summed E-state index contributed by atoms with van der Waals surface area (Å²) in [5, 5.41) is 8.97. The SMILES string of the molecule is Cc1nc(N)nc(-c2ccc(C(=O)O)c(F)c2)c1-c1ccc(N)nc1. The Morgan fingerprint density at radius 3 is 2.44 bits per heavy atom. The number of nitrogens with zero attached hydrogens (tertiary/aromatic N) is 3. The van der Waals surface area contributed by atoms with Crippen molar-refractivity contribution < 1.29 is 14.3 Å². The van der Waals surface area contributed by atoms with Crippen LogP contribution in [-0.4, -0.2) is 26.0 Å². The van der Waals surface area contributed by atoms with Crippen LogP contribution in [0.5, 0.6) is 0 Å². The molecular weight excluding hydrogens is 325 g/mol. The van der Waals surface area contributed by atoms with E-state index in [9.17, 15) is 9.18 Å². The Labute approximate surface area is 142 Å². The van der Waals surface area contributed by atoms with E-state index in [0.29, 0.717) is 33.9 Å². The number of nitrogens with two attached hydrogens (primary N) is 2. The van der Waals surface area contributed by atoms with Crippen LogP contribution in [0.15, 0.2) is 36.5 Å². The van der Waals surface area contributed by atoms with Gasteiger partial charge in [-0.1, -0.05) is 6.07 Å². The van der Waals surface area contributed by atoms with E-state index in [1.165, 1.54) is 12.1 Å². The second-order valence-electron chi connectivity index (χ2n) is 5.36. The van der Waals surface area contributed by atoms with Gasteiger partial charge in [0.1, 0.15) is 11.6 Å². The number of benzene rings is 1. The molecule has 0 spiro atoms. The molecule has 0 radical (unpaired) electrons. The van der Waals surface area contributed by atoms with Crippen molar-refractivity contribution in [1.82, 2.24) is 15.0 Å². The lowest BCUT2D eigenvalue weighted by atomic mass is 9.98. The maximum absolute atomic E-state index is 14.1. The topological polar surface area (TPSA) is 128 Å². The second kappa shape index (κ2) is 6.16. The van der Waals surface area contributed by atoms with Crippen LogP contribution in [-0.2, 0) is 0 Å². The van der Waals surface area contributed by atoms with Gasteiger partial charge in [-0.25, -0.2) is 24.1 Å². The Morgan fingerprint density at radius 2 is 1.84 bits per heavy atom. The van der Waals surface area contributed by atoms with Crippen LogP contribution in [0.3, 0.4) is 0 Å². The van der Waals surface area contributed by atoms with Gasteiger partial charge in [0.2, 0.25) is 5.95 Å². The quantitative estimate of drug-likeness (QED) is 0.668. The number of hydrogen-bond acceptors (Lipinski definition) is 6. The minimum atomic E-state index is -1.34. The fourth-order valence-corrected chi connectivity index (χ4v) is 2.54. The van der Waals surface area contributed by atoms with Gasteiger partial charge in [-0.3, -0.25) is 0 Å². The summed E-state index contributed by atoms with van der Waals surface area (Å²) in [6.45, 7) is 1.75. The number of hydrogen-bond donors (Lipinski definition) is 3. The third-order valence-electron chi connectivity index (χ3n) is 3.66. The first-order chi connectivity index (χ1) is 11.9. The van der Waals surface area contributed by atoms with E-state index in [0.717, 1.165) is 6.07 Å². The molecule has 0 amide bonds. The fraction of sp³-hybridized carbons (Fsp3) is 0.0588. The molecule has 126 valence electrons. The number of nitrogen functional groups attached to an aromatic ring is 2. The Morgan fingerprint density at radius 1 is 1.12 bits per heavy atom. The third-order valence-corrected chi connectivity index (χ3v) is 3.66. The van der Waals surface area contributed by atoms with E-state index in [2.05, 4.69) is 15.0 Å². The molecule has 0 saturated carbocycles. The molecular formula is C17H14FN5O2. The molecule has 3 aromatic rings. The summed E-state index contributed by atoms with van der Waals surface area (Å²) >= 11 is 0. The van der Waals surface area contributed by atoms with Crippen molar-refractivity contribution in [3.63, 3.8) is 0 Å². The lowest BCUT2D eigenvalue weighted by molar-refractivity contribution is 0.0692. The lowest BCUT2D eigenvalue weighted by Crippen LogP contribution is -2.04. The highest BCUT2D eigenvalue weighted by atomic mass is 19.1. The summed E-state index contributed by atoms with van der Waals surface area (Å²) in [7, 11) is 0. The van der Waals surface area contributed by atoms with Gasteiger partial charge >= 0.3 is 5.97 Å². The molecule has 0 fully saturated rings. The predicted molar refractivity (Wildman–Crippen MR) is 91.2 cm³/mol. The Hall–Kier alpha value is -3.55. The Kier molecular flexibility index (Phi) is 4.02. The van der Waals surface area contributed by atoms with Crippen molar-refractivity contribution in [3.05, 3.63) is 53.6 Å². The van der Waals surface area contributed by atoms with E-state index in [4.69, 9.17) is 16.6 Å². The first-order valence-corrected chi connectivity index (χ1v) is 7.26. The van der Waals surface area contributed by atoms with E-state index >= 15 is 0 Å². The number of aryl methyl sites for hydroxylation is 1. The zero-order chi connectivity index (χ0) is 18.1. The number of pyridine rings is 1. The van der Waals surface area contributed by atoms with Crippen LogP contribution < -0.4 is 11.5 Å². The van der Waals surface area contributed by atoms with Crippen molar-refractivity contribution in [1.29, 1.82) is 0 Å². The standard InChI is InChI=1S/C17H14FN5O2/c1-8-14(10-3-5-13(19)21-7-10)15(23-17(20)22-8)9-2-4-11(16(24)25)12(18)6-9/h2-7H,1H3,(H2,19,21)(H,24,25)(H2,20,22,23). The van der Waals surface area contributed by atoms with Crippen molar-refractivity contribution in [2.45, 2.75) is 6.92 Å². The highest BCUT2D eigenvalue weighted by Crippen LogP contribution is 2.33. The number of aromatic nitrogens is 3. The Bertz CT molecular complexity index is 974. The molecule has 8 heteroatoms. The first-order valence-electron chi connectivity index (χ1n) is 7.26. The van der Waals surface area contributed by atoms with Gasteiger partial charge in [-0.15, -0.1) is 0 Å². The second-order valence-corrected chi connectivity index (χ2v) is 5.36. The number of rotatable bonds is 3. The predicted octanol–water partition coefficient (Wildman–Crippen LogP) is 2.52. The number of anilines is 2. The van der Waals surface area contributed by atoms with Gasteiger partial charge in [0.05, 0.1) is 17.0 Å². The monoisotopic (exact) mass is 339 g/mol. The fourth-order valence-electron chi connectivity index (χ4n) is 2.54. The molecule has 1 aromatic carbocycles. The minimum Gasteiger partial charge on any atom is -0.478 e. The van der Waals surface area contributed by atoms with Gasteiger partial charge in [0.25, 0.3) is 0 Å². The number of carboxylic acids is 1. The Balaban J connectivity index is 2.24. The van der Waals surface area contributed by atoms with Gasteiger partial charge in [0, 0.05) is 22.9 Å². The van der Waals surface area contributed by atoms with Gasteiger partial charge in [-0.05, 0) is 31.2 Å². The molecule has 25 heavy (non-hydrogen) atoms. The molecule has 0 bridgehead atoms. The average Bonchev–Trinajstić information content (AvgIpc) is 2.55. The summed E-state index contributed by atoms with van der Waals surface area (Å²) in [5.41, 5.74) is 13.6. The number of carbonyl (C=O) groups is 1. The van der Waals surface area contributed by atoms with E-state index in [1.54, 1.807) is 25.3 Å². The zero-order valence-electron chi connectivity index (χ0n) is 13.2. The molecule has 0 aliphatic heterocycles. The normalized spacial score (nSPS) is 10.6. The summed E-state index contributed by atoms with van der Waals surface area (Å²) in [6.07, 6.45) is 1.56. The molecule has 3 rings (SSSR count). The zero-order valence-corrected chi connectivity index (χ0v) is 13.2. The summed E-state index contributed by atoms with van der Waals surface area (Å²) in [5.74, 6) is -1.81. The highest BCUT2D eigenvalue weighted by Gasteiger charge is 2.18. The largest absolute Gasteiger partial charge is 0.478 e. The molecule has 0 unspecified atom stereocenters. The van der Waals surface area contributed by atoms with Gasteiger partial charge < -0.3 is 16.6 Å². The number of aromatic carboxylic acids is 1. The summed E-state index contributed by atoms with van der Waals surface area (Å²) < 4.78 is 14.1. The van der Waals surface area contributed by atoms with Gasteiger partial charge in [0.15, 0.2) is 0 Å². The average molecular weight is 339 g/mol. The lowest BCUT2D eigenvalue weighted by Gasteiger charge is -2.13. The van der Waals surface area contributed by atoms with Crippen LogP contribution in [0.4, 0.5) is 16.2 Å². The molecule has 7 nitrogen and oxygen atoms in total. The molecule has 5 N–H and O–H groups in total. The minimum absolute atomic E-state index is 0.0300. The highest BCUT2D eigenvalue weighted by molar-refractivity contribution is 5.89. The van der Waals surface area contributed by atoms with Crippen LogP contribution in [0.1, 0.15) is 16.1 Å². The van der Waals surface area contributed by atoms with E-state index in [-0.39, 0.29) is 5.95 Å². The third kappa shape index (κ3) is 3.09. The molecule has 2 aromatic heterocycles. The molecule has 2 heterocycles. The van der Waals surface area contributed by atoms with Crippen molar-refractivity contribution in [2.75, 3.05) is 11.5 Å². The van der Waals surface area contributed by atoms with E-state index in [1.807, 2.05) is 0 Å². The smallest absolute Gasteiger partial charge is 0.338 e. The number of halogens is 1. The van der Waals surface area contributed by atoms with Crippen molar-refractivity contribution >= 4 is 17.7 Å². The van der Waals surface area contributed by atoms with Crippen LogP contribution in [0.2, 0.25) is 0 Å². The molecule has 0 saturated heterocycles. The summed E-state index contributed by atoms with van der Waals surface area (Å²) in [4.78, 5) is 23.4. The maximum atomic E-state index is 14.1. The first kappa shape index (κ1) is 16.3. The molecule has 0 atom stereocenters. The van der Waals surface area contributed by atoms with Crippen LogP contribution in [0.25, 0.3) is 22.4 Å². The van der Waals surface area contributed by atoms with E-state index < -0.39 is 17.3 Å². The van der Waals surface area contributed by atoms with Crippen LogP contribution in [0, 0.1) is 12.7 Å². The number of carboxylic acid groups (broad SMARTS) is 1.